The average molecular weight is 378 g/mol. The number of hydrogen-bond acceptors (Lipinski definition) is 1. The van der Waals surface area contributed by atoms with Crippen LogP contribution in [0.2, 0.25) is 0 Å². The van der Waals surface area contributed by atoms with Gasteiger partial charge in [0, 0.05) is 25.7 Å². The van der Waals surface area contributed by atoms with Crippen molar-refractivity contribution in [2.45, 2.75) is 71.1 Å². The van der Waals surface area contributed by atoms with E-state index in [0.717, 1.165) is 0 Å². The van der Waals surface area contributed by atoms with Crippen LogP contribution in [0, 0.1) is 5.41 Å². The van der Waals surface area contributed by atoms with Crippen molar-refractivity contribution in [3.63, 3.8) is 0 Å². The maximum Gasteiger partial charge on any atom is 0.0364 e. The van der Waals surface area contributed by atoms with Crippen LogP contribution in [0.1, 0.15) is 71.8 Å². The molecule has 0 saturated heterocycles. The Kier molecular flexibility index (Phi) is 8.33. The molecule has 1 aromatic carbocycles. The molecule has 1 heterocycles. The Morgan fingerprint density at radius 2 is 1.88 bits per heavy atom. The van der Waals surface area contributed by atoms with E-state index in [1.54, 1.807) is 10.5 Å². The van der Waals surface area contributed by atoms with E-state index >= 15 is 0 Å². The standard InChI is InChI=1S/C22H37NS.C2H6/c1-9-10-13-22(4)15-20(17(2)3)19-14-18(23(5)6)11-12-21(19)24(7,8)16-22;1-2/h11-12,14,20H,2,9-10,13,15-16H2,1,3-8H3;1-2H3. The summed E-state index contributed by atoms with van der Waals surface area (Å²) in [6.07, 6.45) is 10.3. The Labute approximate surface area is 165 Å². The van der Waals surface area contributed by atoms with E-state index in [4.69, 9.17) is 0 Å². The van der Waals surface area contributed by atoms with E-state index < -0.39 is 10.0 Å². The van der Waals surface area contributed by atoms with Crippen LogP contribution < -0.4 is 4.90 Å². The molecule has 1 aliphatic heterocycles. The molecule has 2 heteroatoms. The lowest BCUT2D eigenvalue weighted by Gasteiger charge is -2.40. The van der Waals surface area contributed by atoms with Crippen LogP contribution in [0.4, 0.5) is 5.69 Å². The number of anilines is 1. The Bertz CT molecular complexity index is 602. The topological polar surface area (TPSA) is 3.24 Å². The molecule has 1 aromatic rings. The molecule has 0 aromatic heterocycles. The van der Waals surface area contributed by atoms with Crippen LogP contribution in [-0.4, -0.2) is 32.4 Å². The molecule has 1 aliphatic rings. The van der Waals surface area contributed by atoms with E-state index in [-0.39, 0.29) is 0 Å². The van der Waals surface area contributed by atoms with Crippen molar-refractivity contribution in [3.8, 4) is 0 Å². The molecule has 0 fully saturated rings. The van der Waals surface area contributed by atoms with E-state index in [1.165, 1.54) is 42.7 Å². The largest absolute Gasteiger partial charge is 0.378 e. The number of hydrogen-bond donors (Lipinski definition) is 0. The Hall–Kier alpha value is -0.890. The summed E-state index contributed by atoms with van der Waals surface area (Å²) in [4.78, 5) is 3.83. The van der Waals surface area contributed by atoms with Crippen molar-refractivity contribution in [2.75, 3.05) is 37.3 Å². The molecule has 0 radical (unpaired) electrons. The maximum atomic E-state index is 4.38. The minimum atomic E-state index is -0.785. The second-order valence-electron chi connectivity index (χ2n) is 8.82. The van der Waals surface area contributed by atoms with Gasteiger partial charge in [-0.05, 0) is 72.1 Å². The number of allylic oxidation sites excluding steroid dienone is 1. The predicted molar refractivity (Wildman–Crippen MR) is 124 cm³/mol. The molecule has 2 rings (SSSR count). The lowest BCUT2D eigenvalue weighted by atomic mass is 9.74. The lowest BCUT2D eigenvalue weighted by molar-refractivity contribution is 0.291. The summed E-state index contributed by atoms with van der Waals surface area (Å²) in [6, 6.07) is 7.16. The van der Waals surface area contributed by atoms with Gasteiger partial charge in [-0.15, -0.1) is 0 Å². The van der Waals surface area contributed by atoms with Gasteiger partial charge in [-0.3, -0.25) is 0 Å². The third-order valence-corrected chi connectivity index (χ3v) is 8.60. The summed E-state index contributed by atoms with van der Waals surface area (Å²) in [5.41, 5.74) is 4.61. The highest BCUT2D eigenvalue weighted by atomic mass is 32.3. The summed E-state index contributed by atoms with van der Waals surface area (Å²) in [5, 5.41) is 0. The van der Waals surface area contributed by atoms with Crippen LogP contribution in [0.25, 0.3) is 0 Å². The highest BCUT2D eigenvalue weighted by Crippen LogP contribution is 2.61. The molecule has 0 bridgehead atoms. The maximum absolute atomic E-state index is 4.38. The normalized spacial score (nSPS) is 25.2. The molecular weight excluding hydrogens is 334 g/mol. The summed E-state index contributed by atoms with van der Waals surface area (Å²) in [7, 11) is 3.49. The quantitative estimate of drug-likeness (QED) is 0.481. The first kappa shape index (κ1) is 23.1. The summed E-state index contributed by atoms with van der Waals surface area (Å²) in [6.45, 7) is 15.5. The predicted octanol–water partition coefficient (Wildman–Crippen LogP) is 7.46. The molecule has 2 atom stereocenters. The number of benzene rings is 1. The Morgan fingerprint density at radius 3 is 2.38 bits per heavy atom. The Morgan fingerprint density at radius 1 is 1.27 bits per heavy atom. The number of nitrogens with zero attached hydrogens (tertiary/aromatic N) is 1. The van der Waals surface area contributed by atoms with E-state index in [1.807, 2.05) is 13.8 Å². The smallest absolute Gasteiger partial charge is 0.0364 e. The van der Waals surface area contributed by atoms with Gasteiger partial charge < -0.3 is 4.90 Å². The van der Waals surface area contributed by atoms with Crippen molar-refractivity contribution in [2.24, 2.45) is 5.41 Å². The van der Waals surface area contributed by atoms with Gasteiger partial charge in [0.15, 0.2) is 0 Å². The van der Waals surface area contributed by atoms with E-state index in [9.17, 15) is 0 Å². The van der Waals surface area contributed by atoms with Gasteiger partial charge >= 0.3 is 0 Å². The third kappa shape index (κ3) is 5.31. The SMILES string of the molecule is C=C(C)C1CC(C)(CCCC)CS(C)(C)c2ccc(N(C)C)cc21.CC. The highest BCUT2D eigenvalue weighted by Gasteiger charge is 2.39. The zero-order chi connectivity index (χ0) is 20.1. The third-order valence-electron chi connectivity index (χ3n) is 5.62. The van der Waals surface area contributed by atoms with Crippen molar-refractivity contribution in [3.05, 3.63) is 35.9 Å². The minimum absolute atomic E-state index is 0.426. The van der Waals surface area contributed by atoms with Crippen molar-refractivity contribution < 1.29 is 0 Å². The van der Waals surface area contributed by atoms with Crippen LogP contribution in [0.5, 0.6) is 0 Å². The summed E-state index contributed by atoms with van der Waals surface area (Å²) < 4.78 is 0. The molecule has 150 valence electrons. The van der Waals surface area contributed by atoms with Gasteiger partial charge in [0.1, 0.15) is 0 Å². The average Bonchev–Trinajstić information content (AvgIpc) is 2.67. The van der Waals surface area contributed by atoms with Crippen LogP contribution in [0.3, 0.4) is 0 Å². The summed E-state index contributed by atoms with van der Waals surface area (Å²) in [5.74, 6) is 1.84. The van der Waals surface area contributed by atoms with Gasteiger partial charge in [0.2, 0.25) is 0 Å². The molecule has 0 spiro atoms. The highest BCUT2D eigenvalue weighted by molar-refractivity contribution is 8.32. The molecule has 26 heavy (non-hydrogen) atoms. The Balaban J connectivity index is 0.00000163. The zero-order valence-corrected chi connectivity index (χ0v) is 19.7. The fourth-order valence-corrected chi connectivity index (χ4v) is 7.85. The number of fused-ring (bicyclic) bond motifs is 1. The zero-order valence-electron chi connectivity index (χ0n) is 18.9. The van der Waals surface area contributed by atoms with Gasteiger partial charge in [-0.2, -0.15) is 0 Å². The number of rotatable bonds is 5. The fraction of sp³-hybridized carbons (Fsp3) is 0.667. The van der Waals surface area contributed by atoms with Gasteiger partial charge in [0.05, 0.1) is 0 Å². The monoisotopic (exact) mass is 377 g/mol. The van der Waals surface area contributed by atoms with Crippen LogP contribution >= 0.6 is 10.0 Å². The van der Waals surface area contributed by atoms with Gasteiger partial charge in [0.25, 0.3) is 0 Å². The molecule has 0 N–H and O–H groups in total. The van der Waals surface area contributed by atoms with Crippen molar-refractivity contribution in [1.29, 1.82) is 0 Å². The van der Waals surface area contributed by atoms with E-state index in [2.05, 4.69) is 77.1 Å². The first-order valence-electron chi connectivity index (χ1n) is 10.3. The first-order chi connectivity index (χ1) is 12.1. The molecule has 2 unspecified atom stereocenters. The second kappa shape index (κ2) is 9.35. The fourth-order valence-electron chi connectivity index (χ4n) is 4.42. The van der Waals surface area contributed by atoms with Crippen molar-refractivity contribution >= 4 is 15.7 Å². The molecule has 0 aliphatic carbocycles. The summed E-state index contributed by atoms with van der Waals surface area (Å²) >= 11 is 0. The molecule has 1 nitrogen and oxygen atoms in total. The number of unbranched alkanes of at least 4 members (excludes halogenated alkanes) is 1. The first-order valence-corrected chi connectivity index (χ1v) is 12.9. The van der Waals surface area contributed by atoms with Crippen LogP contribution in [0.15, 0.2) is 35.2 Å². The lowest BCUT2D eigenvalue weighted by Crippen LogP contribution is -2.25. The second-order valence-corrected chi connectivity index (χ2v) is 12.6. The van der Waals surface area contributed by atoms with Gasteiger partial charge in [-0.1, -0.05) is 52.7 Å². The molecular formula is C24H43NS. The van der Waals surface area contributed by atoms with Gasteiger partial charge in [-0.25, -0.2) is 10.0 Å². The van der Waals surface area contributed by atoms with Crippen LogP contribution in [-0.2, 0) is 0 Å². The van der Waals surface area contributed by atoms with Crippen molar-refractivity contribution in [1.82, 2.24) is 0 Å². The molecule has 0 saturated carbocycles. The minimum Gasteiger partial charge on any atom is -0.378 e. The molecule has 0 amide bonds. The van der Waals surface area contributed by atoms with E-state index in [0.29, 0.717) is 11.3 Å².